The van der Waals surface area contributed by atoms with Gasteiger partial charge in [-0.15, -0.1) is 0 Å². The lowest BCUT2D eigenvalue weighted by Gasteiger charge is -2.36. The Bertz CT molecular complexity index is 217. The largest absolute Gasteiger partial charge is 0.373 e. The predicted octanol–water partition coefficient (Wildman–Crippen LogP) is 4.42. The molecular weight excluding hydrogens is 212 g/mol. The minimum Gasteiger partial charge on any atom is -0.373 e. The van der Waals surface area contributed by atoms with Gasteiger partial charge in [0.1, 0.15) is 0 Å². The van der Waals surface area contributed by atoms with E-state index in [1.54, 1.807) is 0 Å². The zero-order valence-corrected chi connectivity index (χ0v) is 13.3. The molecule has 0 N–H and O–H groups in total. The molecule has 0 spiro atoms. The second kappa shape index (κ2) is 6.19. The summed E-state index contributed by atoms with van der Waals surface area (Å²) in [6, 6.07) is 0. The number of rotatable bonds is 7. The summed E-state index contributed by atoms with van der Waals surface area (Å²) in [5, 5.41) is 0. The van der Waals surface area contributed by atoms with Crippen LogP contribution in [-0.2, 0) is 9.47 Å². The summed E-state index contributed by atoms with van der Waals surface area (Å²) in [5.74, 6) is 0.513. The van der Waals surface area contributed by atoms with E-state index in [9.17, 15) is 0 Å². The van der Waals surface area contributed by atoms with Crippen molar-refractivity contribution in [2.45, 2.75) is 92.1 Å². The molecule has 0 aromatic carbocycles. The van der Waals surface area contributed by atoms with Crippen molar-refractivity contribution < 1.29 is 9.47 Å². The van der Waals surface area contributed by atoms with E-state index in [2.05, 4.69) is 62.3 Å². The first kappa shape index (κ1) is 16.9. The molecule has 2 nitrogen and oxygen atoms in total. The highest BCUT2D eigenvalue weighted by Gasteiger charge is 2.29. The number of hydrogen-bond donors (Lipinski definition) is 0. The average Bonchev–Trinajstić information content (AvgIpc) is 1.96. The van der Waals surface area contributed by atoms with Crippen LogP contribution in [0, 0.1) is 5.92 Å². The second-order valence-electron chi connectivity index (χ2n) is 6.82. The molecule has 2 heteroatoms. The summed E-state index contributed by atoms with van der Waals surface area (Å²) in [5.41, 5.74) is -0.200. The topological polar surface area (TPSA) is 18.5 Å². The quantitative estimate of drug-likeness (QED) is 0.660. The van der Waals surface area contributed by atoms with Gasteiger partial charge < -0.3 is 9.47 Å². The van der Waals surface area contributed by atoms with Crippen molar-refractivity contribution in [2.75, 3.05) is 0 Å². The van der Waals surface area contributed by atoms with Crippen molar-refractivity contribution in [1.29, 1.82) is 0 Å². The fourth-order valence-electron chi connectivity index (χ4n) is 2.07. The highest BCUT2D eigenvalue weighted by Crippen LogP contribution is 2.27. The van der Waals surface area contributed by atoms with E-state index >= 15 is 0 Å². The molecule has 0 aliphatic heterocycles. The highest BCUT2D eigenvalue weighted by molar-refractivity contribution is 4.78. The van der Waals surface area contributed by atoms with Crippen molar-refractivity contribution in [3.63, 3.8) is 0 Å². The van der Waals surface area contributed by atoms with Crippen LogP contribution in [0.1, 0.15) is 68.7 Å². The second-order valence-corrected chi connectivity index (χ2v) is 6.82. The average molecular weight is 244 g/mol. The molecule has 0 bridgehead atoms. The molecule has 1 atom stereocenters. The van der Waals surface area contributed by atoms with Crippen molar-refractivity contribution in [1.82, 2.24) is 0 Å². The molecule has 0 amide bonds. The maximum atomic E-state index is 6.14. The summed E-state index contributed by atoms with van der Waals surface area (Å²) in [6.07, 6.45) is 1.39. The molecular formula is C15H32O2. The number of ether oxygens (including phenoxy) is 2. The molecule has 0 rings (SSSR count). The fourth-order valence-corrected chi connectivity index (χ4v) is 2.07. The fraction of sp³-hybridized carbons (Fsp3) is 1.00. The van der Waals surface area contributed by atoms with Crippen LogP contribution in [0.4, 0.5) is 0 Å². The number of hydrogen-bond acceptors (Lipinski definition) is 2. The molecule has 0 aliphatic carbocycles. The lowest BCUT2D eigenvalue weighted by Crippen LogP contribution is -2.39. The molecule has 104 valence electrons. The van der Waals surface area contributed by atoms with Crippen molar-refractivity contribution >= 4 is 0 Å². The van der Waals surface area contributed by atoms with E-state index in [4.69, 9.17) is 9.47 Å². The van der Waals surface area contributed by atoms with E-state index in [1.807, 2.05) is 0 Å². The van der Waals surface area contributed by atoms with Crippen LogP contribution in [-0.4, -0.2) is 23.4 Å². The minimum atomic E-state index is -0.124. The Morgan fingerprint density at radius 3 is 1.65 bits per heavy atom. The van der Waals surface area contributed by atoms with Crippen LogP contribution in [0.3, 0.4) is 0 Å². The van der Waals surface area contributed by atoms with Gasteiger partial charge in [-0.3, -0.25) is 0 Å². The van der Waals surface area contributed by atoms with Gasteiger partial charge in [0.15, 0.2) is 0 Å². The van der Waals surface area contributed by atoms with Crippen molar-refractivity contribution in [3.8, 4) is 0 Å². The molecule has 0 aromatic rings. The third-order valence-electron chi connectivity index (χ3n) is 3.23. The monoisotopic (exact) mass is 244 g/mol. The lowest BCUT2D eigenvalue weighted by atomic mass is 9.93. The molecule has 0 saturated carbocycles. The summed E-state index contributed by atoms with van der Waals surface area (Å²) >= 11 is 0. The zero-order valence-electron chi connectivity index (χ0n) is 13.3. The van der Waals surface area contributed by atoms with Crippen LogP contribution < -0.4 is 0 Å². The van der Waals surface area contributed by atoms with Gasteiger partial charge in [-0.25, -0.2) is 0 Å². The Labute approximate surface area is 108 Å². The smallest absolute Gasteiger partial charge is 0.0654 e. The molecule has 0 aromatic heterocycles. The minimum absolute atomic E-state index is 0.0761. The van der Waals surface area contributed by atoms with Gasteiger partial charge in [-0.2, -0.15) is 0 Å². The Morgan fingerprint density at radius 2 is 1.29 bits per heavy atom. The first-order valence-electron chi connectivity index (χ1n) is 6.82. The van der Waals surface area contributed by atoms with Crippen LogP contribution in [0.2, 0.25) is 0 Å². The Hall–Kier alpha value is -0.0800. The van der Waals surface area contributed by atoms with E-state index in [1.165, 1.54) is 0 Å². The van der Waals surface area contributed by atoms with Crippen molar-refractivity contribution in [2.24, 2.45) is 5.92 Å². The van der Waals surface area contributed by atoms with E-state index < -0.39 is 0 Å². The Morgan fingerprint density at radius 1 is 0.824 bits per heavy atom. The van der Waals surface area contributed by atoms with Crippen LogP contribution in [0.15, 0.2) is 0 Å². The molecule has 0 radical (unpaired) electrons. The summed E-state index contributed by atoms with van der Waals surface area (Å²) in [6.45, 7) is 19.3. The first-order valence-corrected chi connectivity index (χ1v) is 6.82. The maximum absolute atomic E-state index is 6.14. The van der Waals surface area contributed by atoms with Gasteiger partial charge >= 0.3 is 0 Å². The van der Waals surface area contributed by atoms with Gasteiger partial charge in [0.2, 0.25) is 0 Å². The molecule has 0 saturated heterocycles. The van der Waals surface area contributed by atoms with Crippen molar-refractivity contribution in [3.05, 3.63) is 0 Å². The maximum Gasteiger partial charge on any atom is 0.0654 e. The van der Waals surface area contributed by atoms with E-state index in [-0.39, 0.29) is 23.4 Å². The van der Waals surface area contributed by atoms with Gasteiger partial charge in [0, 0.05) is 6.42 Å². The zero-order chi connectivity index (χ0) is 13.9. The van der Waals surface area contributed by atoms with Gasteiger partial charge in [-0.1, -0.05) is 13.8 Å². The molecule has 0 fully saturated rings. The van der Waals surface area contributed by atoms with Gasteiger partial charge in [-0.05, 0) is 54.4 Å². The highest BCUT2D eigenvalue weighted by atomic mass is 16.5. The third kappa shape index (κ3) is 7.05. The molecule has 0 aliphatic rings. The lowest BCUT2D eigenvalue weighted by molar-refractivity contribution is -0.133. The molecule has 1 unspecified atom stereocenters. The summed E-state index contributed by atoms with van der Waals surface area (Å²) in [7, 11) is 0. The third-order valence-corrected chi connectivity index (χ3v) is 3.23. The Kier molecular flexibility index (Phi) is 6.16. The normalized spacial score (nSPS) is 15.7. The predicted molar refractivity (Wildman–Crippen MR) is 74.4 cm³/mol. The van der Waals surface area contributed by atoms with E-state index in [0.717, 1.165) is 6.42 Å². The summed E-state index contributed by atoms with van der Waals surface area (Å²) in [4.78, 5) is 0. The first-order chi connectivity index (χ1) is 7.46. The van der Waals surface area contributed by atoms with Gasteiger partial charge in [0.25, 0.3) is 0 Å². The van der Waals surface area contributed by atoms with E-state index in [0.29, 0.717) is 5.92 Å². The molecule has 0 heterocycles. The molecule has 17 heavy (non-hydrogen) atoms. The SMILES string of the molecule is CC(C)OC(C)(C)CC(C)OC(C)(C)C(C)C. The van der Waals surface area contributed by atoms with Crippen LogP contribution in [0.5, 0.6) is 0 Å². The van der Waals surface area contributed by atoms with Gasteiger partial charge in [0.05, 0.1) is 23.4 Å². The standard InChI is InChI=1S/C15H32O2/c1-11(2)15(8,9)17-13(5)10-14(6,7)16-12(3)4/h11-13H,10H2,1-9H3. The van der Waals surface area contributed by atoms with Crippen LogP contribution in [0.25, 0.3) is 0 Å². The van der Waals surface area contributed by atoms with Crippen LogP contribution >= 0.6 is 0 Å². The Balaban J connectivity index is 4.31. The summed E-state index contributed by atoms with van der Waals surface area (Å²) < 4.78 is 12.0.